The van der Waals surface area contributed by atoms with Crippen molar-refractivity contribution in [3.8, 4) is 5.75 Å². The zero-order valence-electron chi connectivity index (χ0n) is 25.8. The van der Waals surface area contributed by atoms with Crippen molar-refractivity contribution in [2.45, 2.75) is 70.4 Å². The summed E-state index contributed by atoms with van der Waals surface area (Å²) in [6.45, 7) is 5.31. The summed E-state index contributed by atoms with van der Waals surface area (Å²) in [5, 5.41) is 16.4. The summed E-state index contributed by atoms with van der Waals surface area (Å²) in [5.74, 6) is 1.14. The molecule has 0 aromatic heterocycles. The number of rotatable bonds is 13. The van der Waals surface area contributed by atoms with E-state index in [1.54, 1.807) is 19.2 Å². The van der Waals surface area contributed by atoms with Crippen LogP contribution in [-0.2, 0) is 16.0 Å². The number of hydrogen-bond acceptors (Lipinski definition) is 6. The van der Waals surface area contributed by atoms with Gasteiger partial charge in [-0.1, -0.05) is 44.2 Å². The van der Waals surface area contributed by atoms with E-state index in [1.165, 1.54) is 29.7 Å². The summed E-state index contributed by atoms with van der Waals surface area (Å²) < 4.78 is 11.5. The Morgan fingerprint density at radius 2 is 1.73 bits per heavy atom. The number of amides is 1. The van der Waals surface area contributed by atoms with Crippen molar-refractivity contribution in [2.75, 3.05) is 30.9 Å². The van der Waals surface area contributed by atoms with Crippen LogP contribution in [0.25, 0.3) is 0 Å². The SMILES string of the molecule is CCC(C)c1ccccc1NC(Nc1ccc(CC(=O)N2CC(OC)CC2COc2ccc(C(=O)O)cc2)cc1)=C1CCC1. The van der Waals surface area contributed by atoms with Crippen molar-refractivity contribution in [2.24, 2.45) is 0 Å². The third kappa shape index (κ3) is 7.61. The number of ether oxygens (including phenoxy) is 2. The minimum Gasteiger partial charge on any atom is -0.491 e. The first-order chi connectivity index (χ1) is 21.3. The van der Waals surface area contributed by atoms with Gasteiger partial charge in [0.25, 0.3) is 0 Å². The van der Waals surface area contributed by atoms with Crippen LogP contribution < -0.4 is 15.4 Å². The summed E-state index contributed by atoms with van der Waals surface area (Å²) in [7, 11) is 1.66. The lowest BCUT2D eigenvalue weighted by Gasteiger charge is -2.26. The molecule has 3 aromatic rings. The molecule has 44 heavy (non-hydrogen) atoms. The number of hydrogen-bond donors (Lipinski definition) is 3. The molecule has 8 nitrogen and oxygen atoms in total. The van der Waals surface area contributed by atoms with Gasteiger partial charge in [-0.2, -0.15) is 0 Å². The van der Waals surface area contributed by atoms with Gasteiger partial charge in [0, 0.05) is 25.0 Å². The van der Waals surface area contributed by atoms with E-state index < -0.39 is 5.97 Å². The summed E-state index contributed by atoms with van der Waals surface area (Å²) in [5.41, 5.74) is 5.98. The normalized spacial score (nSPS) is 18.3. The van der Waals surface area contributed by atoms with Crippen molar-refractivity contribution >= 4 is 23.3 Å². The van der Waals surface area contributed by atoms with Crippen molar-refractivity contribution in [3.63, 3.8) is 0 Å². The fourth-order valence-corrected chi connectivity index (χ4v) is 5.73. The molecule has 0 spiro atoms. The van der Waals surface area contributed by atoms with Gasteiger partial charge >= 0.3 is 5.97 Å². The highest BCUT2D eigenvalue weighted by Crippen LogP contribution is 2.33. The molecule has 5 rings (SSSR count). The van der Waals surface area contributed by atoms with E-state index in [2.05, 4.69) is 48.7 Å². The van der Waals surface area contributed by atoms with Gasteiger partial charge in [0.2, 0.25) is 5.91 Å². The molecule has 0 bridgehead atoms. The van der Waals surface area contributed by atoms with E-state index in [4.69, 9.17) is 14.6 Å². The summed E-state index contributed by atoms with van der Waals surface area (Å²) in [4.78, 5) is 26.4. The molecule has 2 fully saturated rings. The number of carbonyl (C=O) groups excluding carboxylic acids is 1. The highest BCUT2D eigenvalue weighted by Gasteiger charge is 2.35. The quantitative estimate of drug-likeness (QED) is 0.194. The van der Waals surface area contributed by atoms with Crippen molar-refractivity contribution < 1.29 is 24.2 Å². The maximum atomic E-state index is 13.4. The molecule has 3 aromatic carbocycles. The van der Waals surface area contributed by atoms with Crippen molar-refractivity contribution in [1.29, 1.82) is 0 Å². The number of nitrogens with zero attached hydrogens (tertiary/aromatic N) is 1. The first kappa shape index (κ1) is 31.1. The molecule has 1 saturated carbocycles. The van der Waals surface area contributed by atoms with Gasteiger partial charge in [-0.15, -0.1) is 0 Å². The van der Waals surface area contributed by atoms with Crippen LogP contribution in [0.3, 0.4) is 0 Å². The van der Waals surface area contributed by atoms with Crippen LogP contribution in [0.4, 0.5) is 11.4 Å². The predicted octanol–water partition coefficient (Wildman–Crippen LogP) is 7.06. The maximum absolute atomic E-state index is 13.4. The lowest BCUT2D eigenvalue weighted by Crippen LogP contribution is -2.40. The van der Waals surface area contributed by atoms with Crippen LogP contribution in [0.5, 0.6) is 5.75 Å². The molecule has 0 radical (unpaired) electrons. The molecule has 3 N–H and O–H groups in total. The van der Waals surface area contributed by atoms with Gasteiger partial charge < -0.3 is 30.1 Å². The molecule has 1 saturated heterocycles. The van der Waals surface area contributed by atoms with Gasteiger partial charge in [-0.3, -0.25) is 4.79 Å². The zero-order chi connectivity index (χ0) is 31.1. The molecule has 1 amide bonds. The minimum absolute atomic E-state index is 0.0284. The number of aromatic carboxylic acids is 1. The minimum atomic E-state index is -0.980. The van der Waals surface area contributed by atoms with Crippen LogP contribution in [0, 0.1) is 0 Å². The number of carbonyl (C=O) groups is 2. The molecule has 1 heterocycles. The number of benzene rings is 3. The van der Waals surface area contributed by atoms with Gasteiger partial charge in [0.15, 0.2) is 0 Å². The highest BCUT2D eigenvalue weighted by atomic mass is 16.5. The van der Waals surface area contributed by atoms with Crippen LogP contribution in [0.1, 0.15) is 73.4 Å². The smallest absolute Gasteiger partial charge is 0.335 e. The van der Waals surface area contributed by atoms with E-state index in [9.17, 15) is 9.59 Å². The third-order valence-corrected chi connectivity index (χ3v) is 8.83. The summed E-state index contributed by atoms with van der Waals surface area (Å²) in [6.07, 6.45) is 5.38. The Hall–Kier alpha value is -4.30. The Kier molecular flexibility index (Phi) is 10.2. The number of allylic oxidation sites excluding steroid dienone is 1. The Labute approximate surface area is 260 Å². The number of anilines is 2. The molecule has 3 atom stereocenters. The lowest BCUT2D eigenvalue weighted by molar-refractivity contribution is -0.132. The average Bonchev–Trinajstić information content (AvgIpc) is 3.44. The standard InChI is InChI=1S/C36H43N3O5/c1-4-24(2)32-10-5-6-11-33(32)38-35(26-8-7-9-26)37-28-16-12-25(13-17-28)20-34(40)39-22-31(43-3)21-29(39)23-44-30-18-14-27(15-19-30)36(41)42/h5-6,10-19,24,29,31,37-38H,4,7-9,20-23H2,1-3H3,(H,41,42). The van der Waals surface area contributed by atoms with Crippen molar-refractivity contribution in [3.05, 3.63) is 101 Å². The predicted molar refractivity (Wildman–Crippen MR) is 173 cm³/mol. The molecular formula is C36H43N3O5. The molecule has 3 unspecified atom stereocenters. The average molecular weight is 598 g/mol. The van der Waals surface area contributed by atoms with Gasteiger partial charge in [-0.05, 0) is 97.2 Å². The number of carboxylic acid groups (broad SMARTS) is 1. The molecule has 8 heteroatoms. The highest BCUT2D eigenvalue weighted by molar-refractivity contribution is 5.87. The second kappa shape index (κ2) is 14.4. The van der Waals surface area contributed by atoms with Crippen LogP contribution in [0.2, 0.25) is 0 Å². The Bertz CT molecular complexity index is 1460. The zero-order valence-corrected chi connectivity index (χ0v) is 25.8. The second-order valence-corrected chi connectivity index (χ2v) is 11.8. The molecular weight excluding hydrogens is 554 g/mol. The topological polar surface area (TPSA) is 100 Å². The second-order valence-electron chi connectivity index (χ2n) is 11.8. The van der Waals surface area contributed by atoms with Gasteiger partial charge in [0.05, 0.1) is 24.1 Å². The van der Waals surface area contributed by atoms with Gasteiger partial charge in [-0.25, -0.2) is 4.79 Å². The Morgan fingerprint density at radius 3 is 2.36 bits per heavy atom. The van der Waals surface area contributed by atoms with Crippen molar-refractivity contribution in [1.82, 2.24) is 4.90 Å². The van der Waals surface area contributed by atoms with E-state index in [-0.39, 0.29) is 30.0 Å². The fraction of sp³-hybridized carbons (Fsp3) is 0.389. The largest absolute Gasteiger partial charge is 0.491 e. The van der Waals surface area contributed by atoms with E-state index in [0.717, 1.165) is 42.0 Å². The van der Waals surface area contributed by atoms with Crippen LogP contribution >= 0.6 is 0 Å². The summed E-state index contributed by atoms with van der Waals surface area (Å²) in [6, 6.07) is 22.8. The molecule has 232 valence electrons. The number of likely N-dealkylation sites (tertiary alicyclic amines) is 1. The lowest BCUT2D eigenvalue weighted by atomic mass is 9.91. The van der Waals surface area contributed by atoms with E-state index in [0.29, 0.717) is 31.2 Å². The molecule has 1 aliphatic heterocycles. The Balaban J connectivity index is 1.21. The van der Waals surface area contributed by atoms with Crippen LogP contribution in [-0.4, -0.2) is 54.3 Å². The Morgan fingerprint density at radius 1 is 1.00 bits per heavy atom. The van der Waals surface area contributed by atoms with Gasteiger partial charge in [0.1, 0.15) is 18.2 Å². The van der Waals surface area contributed by atoms with E-state index in [1.807, 2.05) is 29.2 Å². The number of carboxylic acids is 1. The monoisotopic (exact) mass is 597 g/mol. The van der Waals surface area contributed by atoms with Crippen LogP contribution in [0.15, 0.2) is 84.2 Å². The molecule has 1 aliphatic carbocycles. The maximum Gasteiger partial charge on any atom is 0.335 e. The first-order valence-electron chi connectivity index (χ1n) is 15.6. The third-order valence-electron chi connectivity index (χ3n) is 8.83. The summed E-state index contributed by atoms with van der Waals surface area (Å²) >= 11 is 0. The fourth-order valence-electron chi connectivity index (χ4n) is 5.73. The molecule has 2 aliphatic rings. The van der Waals surface area contributed by atoms with E-state index >= 15 is 0 Å². The number of para-hydroxylation sites is 1. The number of nitrogens with one attached hydrogen (secondary N) is 2. The first-order valence-corrected chi connectivity index (χ1v) is 15.6. The number of methoxy groups -OCH3 is 1.